The lowest BCUT2D eigenvalue weighted by atomic mass is 10.1. The average Bonchev–Trinajstić information content (AvgIpc) is 2.95. The molecule has 0 heterocycles. The van der Waals surface area contributed by atoms with Crippen LogP contribution in [0.25, 0.3) is 0 Å². The summed E-state index contributed by atoms with van der Waals surface area (Å²) < 4.78 is 19.7. The zero-order valence-electron chi connectivity index (χ0n) is 27.9. The molecule has 14 heteroatoms. The van der Waals surface area contributed by atoms with Gasteiger partial charge in [0, 0.05) is 11.3 Å². The summed E-state index contributed by atoms with van der Waals surface area (Å²) in [5, 5.41) is 14.3. The second-order valence-corrected chi connectivity index (χ2v) is 23.1. The van der Waals surface area contributed by atoms with Crippen molar-refractivity contribution >= 4 is 68.0 Å². The maximum absolute atomic E-state index is 13.1. The molecular formula is C32H43NO11Si2. The van der Waals surface area contributed by atoms with Gasteiger partial charge < -0.3 is 29.4 Å². The van der Waals surface area contributed by atoms with Gasteiger partial charge in [-0.25, -0.2) is 24.0 Å². The van der Waals surface area contributed by atoms with Crippen LogP contribution in [0.4, 0.5) is 5.69 Å². The Morgan fingerprint density at radius 1 is 0.587 bits per heavy atom. The van der Waals surface area contributed by atoms with E-state index in [-0.39, 0.29) is 11.5 Å². The molecule has 0 saturated heterocycles. The summed E-state index contributed by atoms with van der Waals surface area (Å²) in [6.07, 6.45) is -5.81. The number of carboxylic acid groups (broad SMARTS) is 1. The van der Waals surface area contributed by atoms with Crippen molar-refractivity contribution in [2.24, 2.45) is 0 Å². The van der Waals surface area contributed by atoms with E-state index in [9.17, 15) is 28.8 Å². The normalized spacial score (nSPS) is 14.1. The molecule has 0 bridgehead atoms. The number of carbonyl (C=O) groups excluding carboxylic acids is 5. The Bertz CT molecular complexity index is 1440. The highest BCUT2D eigenvalue weighted by atomic mass is 28.3. The van der Waals surface area contributed by atoms with Gasteiger partial charge in [0.25, 0.3) is 5.91 Å². The van der Waals surface area contributed by atoms with E-state index in [4.69, 9.17) is 19.3 Å². The first-order valence-electron chi connectivity index (χ1n) is 14.7. The van der Waals surface area contributed by atoms with Gasteiger partial charge >= 0.3 is 29.8 Å². The summed E-state index contributed by atoms with van der Waals surface area (Å²) in [6.45, 7) is 18.3. The molecule has 46 heavy (non-hydrogen) atoms. The summed E-state index contributed by atoms with van der Waals surface area (Å²) in [5.74, 6) is -5.84. The zero-order valence-corrected chi connectivity index (χ0v) is 29.9. The van der Waals surface area contributed by atoms with Crippen molar-refractivity contribution in [2.45, 2.75) is 91.4 Å². The van der Waals surface area contributed by atoms with Gasteiger partial charge in [0.2, 0.25) is 0 Å². The molecule has 0 radical (unpaired) electrons. The predicted octanol–water partition coefficient (Wildman–Crippen LogP) is 3.45. The molecule has 0 aliphatic carbocycles. The highest BCUT2D eigenvalue weighted by Crippen LogP contribution is 2.15. The maximum Gasteiger partial charge on any atom is 0.348 e. The number of rotatable bonds is 13. The summed E-state index contributed by atoms with van der Waals surface area (Å²) in [7, 11) is -3.30. The number of ether oxygens (including phenoxy) is 4. The minimum atomic E-state index is -1.65. The molecule has 250 valence electrons. The number of carbonyl (C=O) groups is 6. The van der Waals surface area contributed by atoms with Crippen molar-refractivity contribution < 1.29 is 52.8 Å². The van der Waals surface area contributed by atoms with Gasteiger partial charge in [0.1, 0.15) is 0 Å². The molecule has 0 unspecified atom stereocenters. The van der Waals surface area contributed by atoms with E-state index in [1.54, 1.807) is 0 Å². The minimum absolute atomic E-state index is 0.0772. The molecule has 2 N–H and O–H groups in total. The van der Waals surface area contributed by atoms with E-state index in [0.29, 0.717) is 5.56 Å². The van der Waals surface area contributed by atoms with E-state index < -0.39 is 70.4 Å². The summed E-state index contributed by atoms with van der Waals surface area (Å²) in [4.78, 5) is 73.1. The lowest BCUT2D eigenvalue weighted by Gasteiger charge is -2.24. The molecule has 0 fully saturated rings. The molecule has 0 aromatic heterocycles. The largest absolute Gasteiger partial charge is 0.479 e. The number of nitrogens with one attached hydrogen (secondary N) is 1. The molecule has 0 aliphatic heterocycles. The highest BCUT2D eigenvalue weighted by Gasteiger charge is 2.30. The highest BCUT2D eigenvalue weighted by molar-refractivity contribution is 6.91. The van der Waals surface area contributed by atoms with Crippen LogP contribution in [0.15, 0.2) is 42.5 Å². The first-order valence-corrected chi connectivity index (χ1v) is 21.7. The summed E-state index contributed by atoms with van der Waals surface area (Å²) in [6, 6.07) is 12.1. The van der Waals surface area contributed by atoms with E-state index in [1.807, 2.05) is 12.1 Å². The monoisotopic (exact) mass is 673 g/mol. The molecule has 2 aromatic carbocycles. The molecule has 4 atom stereocenters. The Kier molecular flexibility index (Phi) is 12.6. The van der Waals surface area contributed by atoms with Crippen LogP contribution in [0.3, 0.4) is 0 Å². The Balaban J connectivity index is 1.99. The number of carboxylic acids is 1. The summed E-state index contributed by atoms with van der Waals surface area (Å²) in [5.41, 5.74) is 1.12. The third kappa shape index (κ3) is 10.9. The fourth-order valence-corrected chi connectivity index (χ4v) is 6.26. The Hall–Kier alpha value is -4.31. The number of esters is 4. The van der Waals surface area contributed by atoms with Crippen molar-refractivity contribution in [1.82, 2.24) is 0 Å². The van der Waals surface area contributed by atoms with Gasteiger partial charge in [0.15, 0.2) is 24.4 Å². The number of aliphatic carboxylic acids is 1. The van der Waals surface area contributed by atoms with Crippen molar-refractivity contribution in [2.75, 3.05) is 5.32 Å². The second kappa shape index (κ2) is 15.3. The molecule has 12 nitrogen and oxygen atoms in total. The number of benzene rings is 2. The first kappa shape index (κ1) is 37.9. The van der Waals surface area contributed by atoms with Gasteiger partial charge in [-0.3, -0.25) is 4.79 Å². The third-order valence-electron chi connectivity index (χ3n) is 6.81. The number of anilines is 1. The molecular weight excluding hydrogens is 631 g/mol. The molecule has 1 amide bonds. The standard InChI is InChI=1S/C32H43NO11Si2/c1-18(28(35)36)41-29(37)19(2)42-30(38)20(3)43-31(39)21(4)44-32(40)23-13-11-22(12-14-23)27(34)33-24-15-25(45(5,6)7)17-26(16-24)46(8,9)10/h11-21H,1-10H3,(H,33,34)(H,35,36)/t18-,19-,20-,21-/m1/s1. The fraction of sp³-hybridized carbons (Fsp3) is 0.438. The van der Waals surface area contributed by atoms with Gasteiger partial charge in [-0.05, 0) is 64.1 Å². The van der Waals surface area contributed by atoms with Crippen molar-refractivity contribution in [3.8, 4) is 0 Å². The van der Waals surface area contributed by atoms with Crippen molar-refractivity contribution in [3.63, 3.8) is 0 Å². The quantitative estimate of drug-likeness (QED) is 0.181. The van der Waals surface area contributed by atoms with Crippen LogP contribution >= 0.6 is 0 Å². The fourth-order valence-electron chi connectivity index (χ4n) is 3.76. The van der Waals surface area contributed by atoms with Crippen LogP contribution in [-0.2, 0) is 38.1 Å². The van der Waals surface area contributed by atoms with Crippen molar-refractivity contribution in [3.05, 3.63) is 53.6 Å². The Morgan fingerprint density at radius 3 is 1.35 bits per heavy atom. The maximum atomic E-state index is 13.1. The number of hydrogen-bond donors (Lipinski definition) is 2. The zero-order chi connectivity index (χ0) is 35.1. The lowest BCUT2D eigenvalue weighted by Crippen LogP contribution is -2.45. The van der Waals surface area contributed by atoms with E-state index in [2.05, 4.69) is 55.4 Å². The van der Waals surface area contributed by atoms with Crippen LogP contribution in [0.2, 0.25) is 39.3 Å². The first-order chi connectivity index (χ1) is 21.1. The lowest BCUT2D eigenvalue weighted by molar-refractivity contribution is -0.182. The van der Waals surface area contributed by atoms with Crippen molar-refractivity contribution in [1.29, 1.82) is 0 Å². The van der Waals surface area contributed by atoms with Gasteiger partial charge in [0.05, 0.1) is 21.7 Å². The second-order valence-electron chi connectivity index (χ2n) is 13.0. The van der Waals surface area contributed by atoms with Crippen LogP contribution in [0.1, 0.15) is 48.4 Å². The van der Waals surface area contributed by atoms with E-state index >= 15 is 0 Å². The summed E-state index contributed by atoms with van der Waals surface area (Å²) >= 11 is 0. The molecule has 0 saturated carbocycles. The van der Waals surface area contributed by atoms with Crippen LogP contribution < -0.4 is 15.7 Å². The molecule has 2 aromatic rings. The third-order valence-corrected chi connectivity index (χ3v) is 10.9. The average molecular weight is 674 g/mol. The molecule has 0 aliphatic rings. The SMILES string of the molecule is C[C@@H](OC(=O)[C@@H](C)OC(=O)[C@@H](C)OC(=O)[C@@H](C)OC(=O)c1ccc(C(=O)Nc2cc([Si](C)(C)C)cc([Si](C)(C)C)c2)cc1)C(=O)O. The number of amides is 1. The Labute approximate surface area is 270 Å². The van der Waals surface area contributed by atoms with Gasteiger partial charge in [-0.15, -0.1) is 0 Å². The van der Waals surface area contributed by atoms with Crippen LogP contribution in [0.5, 0.6) is 0 Å². The smallest absolute Gasteiger partial charge is 0.348 e. The predicted molar refractivity (Wildman–Crippen MR) is 176 cm³/mol. The van der Waals surface area contributed by atoms with Crippen LogP contribution in [-0.4, -0.2) is 81.4 Å². The van der Waals surface area contributed by atoms with Gasteiger partial charge in [-0.2, -0.15) is 0 Å². The minimum Gasteiger partial charge on any atom is -0.479 e. The molecule has 0 spiro atoms. The molecule has 2 rings (SSSR count). The van der Waals surface area contributed by atoms with E-state index in [0.717, 1.165) is 12.6 Å². The van der Waals surface area contributed by atoms with E-state index in [1.165, 1.54) is 55.4 Å². The topological polar surface area (TPSA) is 172 Å². The van der Waals surface area contributed by atoms with Gasteiger partial charge in [-0.1, -0.05) is 55.7 Å². The van der Waals surface area contributed by atoms with Crippen LogP contribution in [0, 0.1) is 0 Å². The number of hydrogen-bond acceptors (Lipinski definition) is 10. The Morgan fingerprint density at radius 2 is 0.957 bits per heavy atom.